The topological polar surface area (TPSA) is 86.6 Å². The summed E-state index contributed by atoms with van der Waals surface area (Å²) in [5.74, 6) is -1.32. The fourth-order valence-electron chi connectivity index (χ4n) is 1.80. The number of hydrogen-bond donors (Lipinski definition) is 3. The van der Waals surface area contributed by atoms with Gasteiger partial charge in [0.25, 0.3) is 0 Å². The maximum Gasteiger partial charge on any atom is 0.329 e. The van der Waals surface area contributed by atoms with Crippen LogP contribution in [0.2, 0.25) is 0 Å². The molecule has 0 radical (unpaired) electrons. The maximum absolute atomic E-state index is 11.2. The second-order valence-corrected chi connectivity index (χ2v) is 4.62. The van der Waals surface area contributed by atoms with Gasteiger partial charge in [-0.05, 0) is 31.0 Å². The van der Waals surface area contributed by atoms with Crippen LogP contribution >= 0.6 is 0 Å². The number of carbonyl (C=O) groups is 2. The molecule has 0 saturated carbocycles. The molecule has 1 amide bonds. The SMILES string of the molecule is CC(=O)N[C@@](C)(Cc1ccc(O)c(C)c1)C(=O)O. The van der Waals surface area contributed by atoms with Crippen molar-refractivity contribution in [1.29, 1.82) is 0 Å². The van der Waals surface area contributed by atoms with Crippen LogP contribution in [0.1, 0.15) is 25.0 Å². The van der Waals surface area contributed by atoms with Crippen molar-refractivity contribution in [1.82, 2.24) is 5.32 Å². The van der Waals surface area contributed by atoms with Gasteiger partial charge in [-0.3, -0.25) is 4.79 Å². The number of carboxylic acid groups (broad SMARTS) is 1. The normalized spacial score (nSPS) is 13.7. The molecule has 0 aliphatic rings. The van der Waals surface area contributed by atoms with E-state index in [1.54, 1.807) is 19.1 Å². The molecular formula is C13H17NO4. The number of benzene rings is 1. The molecule has 5 heteroatoms. The van der Waals surface area contributed by atoms with Crippen molar-refractivity contribution in [3.05, 3.63) is 29.3 Å². The monoisotopic (exact) mass is 251 g/mol. The largest absolute Gasteiger partial charge is 0.508 e. The van der Waals surface area contributed by atoms with Crippen LogP contribution in [0.5, 0.6) is 5.75 Å². The van der Waals surface area contributed by atoms with Crippen LogP contribution in [0.3, 0.4) is 0 Å². The minimum atomic E-state index is -1.35. The van der Waals surface area contributed by atoms with Gasteiger partial charge in [0.2, 0.25) is 5.91 Å². The van der Waals surface area contributed by atoms with E-state index in [2.05, 4.69) is 5.32 Å². The molecule has 0 unspecified atom stereocenters. The summed E-state index contributed by atoms with van der Waals surface area (Å²) in [6.07, 6.45) is 0.156. The van der Waals surface area contributed by atoms with Gasteiger partial charge in [0.15, 0.2) is 0 Å². The van der Waals surface area contributed by atoms with Crippen LogP contribution in [0.25, 0.3) is 0 Å². The van der Waals surface area contributed by atoms with Gasteiger partial charge in [-0.2, -0.15) is 0 Å². The van der Waals surface area contributed by atoms with Crippen molar-refractivity contribution >= 4 is 11.9 Å². The lowest BCUT2D eigenvalue weighted by atomic mass is 9.92. The number of carboxylic acids is 1. The highest BCUT2D eigenvalue weighted by molar-refractivity contribution is 5.85. The van der Waals surface area contributed by atoms with Gasteiger partial charge >= 0.3 is 5.97 Å². The van der Waals surface area contributed by atoms with E-state index in [4.69, 9.17) is 0 Å². The first-order chi connectivity index (χ1) is 8.24. The molecule has 1 atom stereocenters. The van der Waals surface area contributed by atoms with Crippen LogP contribution in [0.15, 0.2) is 18.2 Å². The molecule has 5 nitrogen and oxygen atoms in total. The molecule has 0 aliphatic heterocycles. The average Bonchev–Trinajstić information content (AvgIpc) is 2.22. The Bertz CT molecular complexity index is 484. The summed E-state index contributed by atoms with van der Waals surface area (Å²) in [4.78, 5) is 22.3. The number of rotatable bonds is 4. The highest BCUT2D eigenvalue weighted by Gasteiger charge is 2.34. The van der Waals surface area contributed by atoms with Gasteiger partial charge in [0.1, 0.15) is 11.3 Å². The Balaban J connectivity index is 3.00. The number of nitrogens with one attached hydrogen (secondary N) is 1. The van der Waals surface area contributed by atoms with Crippen molar-refractivity contribution in [3.63, 3.8) is 0 Å². The summed E-state index contributed by atoms with van der Waals surface area (Å²) < 4.78 is 0. The van der Waals surface area contributed by atoms with Crippen molar-refractivity contribution in [2.75, 3.05) is 0 Å². The molecule has 0 aromatic heterocycles. The van der Waals surface area contributed by atoms with E-state index in [-0.39, 0.29) is 12.2 Å². The zero-order valence-corrected chi connectivity index (χ0v) is 10.7. The Morgan fingerprint density at radius 1 is 1.39 bits per heavy atom. The Morgan fingerprint density at radius 2 is 2.00 bits per heavy atom. The highest BCUT2D eigenvalue weighted by atomic mass is 16.4. The number of carbonyl (C=O) groups excluding carboxylic acids is 1. The molecular weight excluding hydrogens is 234 g/mol. The van der Waals surface area contributed by atoms with Gasteiger partial charge in [-0.15, -0.1) is 0 Å². The Kier molecular flexibility index (Phi) is 3.96. The first kappa shape index (κ1) is 14.0. The van der Waals surface area contributed by atoms with Gasteiger partial charge in [-0.25, -0.2) is 4.79 Å². The number of phenolic OH excluding ortho intramolecular Hbond substituents is 1. The molecule has 18 heavy (non-hydrogen) atoms. The quantitative estimate of drug-likeness (QED) is 0.751. The van der Waals surface area contributed by atoms with E-state index in [0.717, 1.165) is 5.56 Å². The second kappa shape index (κ2) is 5.08. The maximum atomic E-state index is 11.2. The predicted octanol–water partition coefficient (Wildman–Crippen LogP) is 1.22. The number of aliphatic carboxylic acids is 1. The zero-order valence-electron chi connectivity index (χ0n) is 10.7. The minimum Gasteiger partial charge on any atom is -0.508 e. The zero-order chi connectivity index (χ0) is 13.9. The molecule has 0 heterocycles. The number of phenols is 1. The Morgan fingerprint density at radius 3 is 2.44 bits per heavy atom. The number of amides is 1. The van der Waals surface area contributed by atoms with Gasteiger partial charge < -0.3 is 15.5 Å². The third-order valence-electron chi connectivity index (χ3n) is 2.74. The van der Waals surface area contributed by atoms with Crippen molar-refractivity contribution in [3.8, 4) is 5.75 Å². The Labute approximate surface area is 105 Å². The van der Waals surface area contributed by atoms with Crippen LogP contribution in [-0.2, 0) is 16.0 Å². The van der Waals surface area contributed by atoms with E-state index in [9.17, 15) is 19.8 Å². The van der Waals surface area contributed by atoms with Gasteiger partial charge in [0.05, 0.1) is 0 Å². The standard InChI is InChI=1S/C13H17NO4/c1-8-6-10(4-5-11(8)16)7-13(3,12(17)18)14-9(2)15/h4-6,16H,7H2,1-3H3,(H,14,15)(H,17,18)/t13-/m0/s1. The van der Waals surface area contributed by atoms with Crippen LogP contribution in [0.4, 0.5) is 0 Å². The molecule has 0 bridgehead atoms. The van der Waals surface area contributed by atoms with Crippen molar-refractivity contribution in [2.45, 2.75) is 32.7 Å². The van der Waals surface area contributed by atoms with Crippen molar-refractivity contribution in [2.24, 2.45) is 0 Å². The summed E-state index contributed by atoms with van der Waals surface area (Å²) in [7, 11) is 0. The number of aryl methyl sites for hydroxylation is 1. The molecule has 1 aromatic rings. The third-order valence-corrected chi connectivity index (χ3v) is 2.74. The summed E-state index contributed by atoms with van der Waals surface area (Å²) in [6.45, 7) is 4.47. The molecule has 0 saturated heterocycles. The number of aromatic hydroxyl groups is 1. The van der Waals surface area contributed by atoms with Crippen LogP contribution in [-0.4, -0.2) is 27.6 Å². The summed E-state index contributed by atoms with van der Waals surface area (Å²) in [6, 6.07) is 4.87. The molecule has 0 fully saturated rings. The summed E-state index contributed by atoms with van der Waals surface area (Å²) in [5, 5.41) is 21.1. The van der Waals surface area contributed by atoms with E-state index in [1.807, 2.05) is 0 Å². The van der Waals surface area contributed by atoms with E-state index < -0.39 is 17.4 Å². The van der Waals surface area contributed by atoms with E-state index >= 15 is 0 Å². The Hall–Kier alpha value is -2.04. The van der Waals surface area contributed by atoms with Gasteiger partial charge in [-0.1, -0.05) is 12.1 Å². The predicted molar refractivity (Wildman–Crippen MR) is 66.4 cm³/mol. The molecule has 0 spiro atoms. The molecule has 1 rings (SSSR count). The van der Waals surface area contributed by atoms with Gasteiger partial charge in [0, 0.05) is 13.3 Å². The average molecular weight is 251 g/mol. The highest BCUT2D eigenvalue weighted by Crippen LogP contribution is 2.20. The van der Waals surface area contributed by atoms with E-state index in [1.165, 1.54) is 19.9 Å². The fourth-order valence-corrected chi connectivity index (χ4v) is 1.80. The van der Waals surface area contributed by atoms with Crippen molar-refractivity contribution < 1.29 is 19.8 Å². The first-order valence-electron chi connectivity index (χ1n) is 5.55. The lowest BCUT2D eigenvalue weighted by molar-refractivity contribution is -0.146. The van der Waals surface area contributed by atoms with Crippen LogP contribution < -0.4 is 5.32 Å². The summed E-state index contributed by atoms with van der Waals surface area (Å²) >= 11 is 0. The molecule has 0 aliphatic carbocycles. The lowest BCUT2D eigenvalue weighted by Gasteiger charge is -2.25. The first-order valence-corrected chi connectivity index (χ1v) is 5.55. The fraction of sp³-hybridized carbons (Fsp3) is 0.385. The third kappa shape index (κ3) is 3.23. The smallest absolute Gasteiger partial charge is 0.329 e. The lowest BCUT2D eigenvalue weighted by Crippen LogP contribution is -2.53. The van der Waals surface area contributed by atoms with Crippen LogP contribution in [0, 0.1) is 6.92 Å². The minimum absolute atomic E-state index is 0.156. The molecule has 1 aromatic carbocycles. The molecule has 3 N–H and O–H groups in total. The molecule has 98 valence electrons. The summed E-state index contributed by atoms with van der Waals surface area (Å²) in [5.41, 5.74) is 0.0573. The van der Waals surface area contributed by atoms with E-state index in [0.29, 0.717) is 5.56 Å². The number of hydrogen-bond acceptors (Lipinski definition) is 3. The second-order valence-electron chi connectivity index (χ2n) is 4.62.